The Kier molecular flexibility index (Phi) is 5.98. The molecular formula is C27H29BrO5. The molecule has 0 spiro atoms. The molecule has 6 rings (SSSR count). The number of rotatable bonds is 8. The van der Waals surface area contributed by atoms with Crippen LogP contribution in [0.4, 0.5) is 0 Å². The van der Waals surface area contributed by atoms with Crippen molar-refractivity contribution in [3.63, 3.8) is 0 Å². The maximum Gasteiger partial charge on any atom is 0.335 e. The average Bonchev–Trinajstić information content (AvgIpc) is 2.81. The van der Waals surface area contributed by atoms with E-state index in [-0.39, 0.29) is 23.4 Å². The summed E-state index contributed by atoms with van der Waals surface area (Å²) >= 11 is 3.40. The van der Waals surface area contributed by atoms with Crippen molar-refractivity contribution >= 4 is 27.7 Å². The van der Waals surface area contributed by atoms with Crippen molar-refractivity contribution < 1.29 is 24.2 Å². The molecule has 174 valence electrons. The minimum absolute atomic E-state index is 0.120. The molecule has 4 aliphatic rings. The van der Waals surface area contributed by atoms with E-state index in [1.54, 1.807) is 13.2 Å². The van der Waals surface area contributed by atoms with Crippen molar-refractivity contribution in [3.8, 4) is 11.5 Å². The Balaban J connectivity index is 1.39. The van der Waals surface area contributed by atoms with Crippen LogP contribution >= 0.6 is 15.9 Å². The zero-order valence-corrected chi connectivity index (χ0v) is 20.4. The lowest BCUT2D eigenvalue weighted by Gasteiger charge is -2.57. The van der Waals surface area contributed by atoms with E-state index in [0.717, 1.165) is 29.1 Å². The third kappa shape index (κ3) is 4.18. The third-order valence-corrected chi connectivity index (χ3v) is 8.55. The number of carboxylic acid groups (broad SMARTS) is 1. The molecule has 33 heavy (non-hydrogen) atoms. The predicted molar refractivity (Wildman–Crippen MR) is 129 cm³/mol. The van der Waals surface area contributed by atoms with Gasteiger partial charge in [-0.1, -0.05) is 22.0 Å². The van der Waals surface area contributed by atoms with Crippen molar-refractivity contribution in [2.75, 3.05) is 13.7 Å². The molecule has 4 aliphatic carbocycles. The van der Waals surface area contributed by atoms with E-state index in [1.807, 2.05) is 18.2 Å². The highest BCUT2D eigenvalue weighted by Gasteiger charge is 2.52. The topological polar surface area (TPSA) is 72.8 Å². The van der Waals surface area contributed by atoms with Crippen molar-refractivity contribution in [1.29, 1.82) is 0 Å². The Morgan fingerprint density at radius 2 is 1.61 bits per heavy atom. The van der Waals surface area contributed by atoms with Gasteiger partial charge in [0.25, 0.3) is 0 Å². The monoisotopic (exact) mass is 512 g/mol. The molecular weight excluding hydrogens is 484 g/mol. The van der Waals surface area contributed by atoms with Gasteiger partial charge >= 0.3 is 5.97 Å². The second-order valence-corrected chi connectivity index (χ2v) is 10.6. The first-order chi connectivity index (χ1) is 15.9. The summed E-state index contributed by atoms with van der Waals surface area (Å²) in [6.07, 6.45) is 7.66. The van der Waals surface area contributed by atoms with Gasteiger partial charge in [-0.3, -0.25) is 4.79 Å². The van der Waals surface area contributed by atoms with Crippen molar-refractivity contribution in [1.82, 2.24) is 0 Å². The molecule has 5 nitrogen and oxygen atoms in total. The van der Waals surface area contributed by atoms with E-state index in [4.69, 9.17) is 9.47 Å². The molecule has 0 radical (unpaired) electrons. The quantitative estimate of drug-likeness (QED) is 0.345. The molecule has 0 aliphatic heterocycles. The number of methoxy groups -OCH3 is 1. The van der Waals surface area contributed by atoms with Gasteiger partial charge in [0.2, 0.25) is 0 Å². The summed E-state index contributed by atoms with van der Waals surface area (Å²) in [4.78, 5) is 24.4. The van der Waals surface area contributed by atoms with Crippen LogP contribution in [0.3, 0.4) is 0 Å². The summed E-state index contributed by atoms with van der Waals surface area (Å²) in [5.74, 6) is 2.54. The lowest BCUT2D eigenvalue weighted by Crippen LogP contribution is -2.48. The first-order valence-electron chi connectivity index (χ1n) is 11.7. The number of aromatic carboxylic acids is 1. The Bertz CT molecular complexity index is 1060. The molecule has 4 saturated carbocycles. The Morgan fingerprint density at radius 1 is 0.970 bits per heavy atom. The number of hydrogen-bond donors (Lipinski definition) is 1. The zero-order chi connectivity index (χ0) is 23.2. The number of benzene rings is 2. The van der Waals surface area contributed by atoms with Crippen LogP contribution in [0.1, 0.15) is 70.4 Å². The number of ketones is 1. The lowest BCUT2D eigenvalue weighted by molar-refractivity contribution is -0.00617. The largest absolute Gasteiger partial charge is 0.496 e. The Labute approximate surface area is 202 Å². The number of alkyl halides is 1. The van der Waals surface area contributed by atoms with Crippen LogP contribution in [0.25, 0.3) is 0 Å². The van der Waals surface area contributed by atoms with E-state index in [9.17, 15) is 14.7 Å². The van der Waals surface area contributed by atoms with Crippen LogP contribution in [0.5, 0.6) is 11.5 Å². The first kappa shape index (κ1) is 22.5. The second-order valence-electron chi connectivity index (χ2n) is 10.1. The summed E-state index contributed by atoms with van der Waals surface area (Å²) < 4.78 is 11.6. The van der Waals surface area contributed by atoms with Crippen LogP contribution < -0.4 is 9.47 Å². The molecule has 6 heteroatoms. The number of carbonyl (C=O) groups is 2. The molecule has 0 saturated heterocycles. The minimum atomic E-state index is -1.03. The minimum Gasteiger partial charge on any atom is -0.496 e. The van der Waals surface area contributed by atoms with Gasteiger partial charge in [-0.05, 0) is 92.0 Å². The van der Waals surface area contributed by atoms with Gasteiger partial charge in [0, 0.05) is 22.0 Å². The molecule has 0 unspecified atom stereocenters. The highest BCUT2D eigenvalue weighted by molar-refractivity contribution is 9.08. The van der Waals surface area contributed by atoms with Gasteiger partial charge in [-0.15, -0.1) is 0 Å². The van der Waals surface area contributed by atoms with E-state index < -0.39 is 5.97 Å². The predicted octanol–water partition coefficient (Wildman–Crippen LogP) is 6.02. The first-order valence-corrected chi connectivity index (χ1v) is 12.8. The van der Waals surface area contributed by atoms with Gasteiger partial charge in [-0.25, -0.2) is 4.79 Å². The standard InChI is InChI=1S/C27H29BrO5/c1-32-24-5-4-19(9-22(24)27-11-16-6-17(12-27)8-18(7-16)13-27)23(29)15-33-25-10-20(26(30)31)2-3-21(25)14-28/h2-5,9-10,16-18H,6-8,11-15H2,1H3,(H,30,31). The van der Waals surface area contributed by atoms with E-state index in [0.29, 0.717) is 16.6 Å². The number of carbonyl (C=O) groups excluding carboxylic acids is 1. The van der Waals surface area contributed by atoms with Crippen molar-refractivity contribution in [2.24, 2.45) is 17.8 Å². The molecule has 0 amide bonds. The zero-order valence-electron chi connectivity index (χ0n) is 18.8. The fourth-order valence-electron chi connectivity index (χ4n) is 6.90. The molecule has 0 aromatic heterocycles. The molecule has 4 fully saturated rings. The maximum absolute atomic E-state index is 13.1. The van der Waals surface area contributed by atoms with Gasteiger partial charge < -0.3 is 14.6 Å². The van der Waals surface area contributed by atoms with Gasteiger partial charge in [-0.2, -0.15) is 0 Å². The van der Waals surface area contributed by atoms with Crippen LogP contribution in [-0.4, -0.2) is 30.6 Å². The highest BCUT2D eigenvalue weighted by atomic mass is 79.9. The number of hydrogen-bond acceptors (Lipinski definition) is 4. The van der Waals surface area contributed by atoms with E-state index in [2.05, 4.69) is 15.9 Å². The van der Waals surface area contributed by atoms with Crippen LogP contribution in [0.2, 0.25) is 0 Å². The number of halogens is 1. The smallest absolute Gasteiger partial charge is 0.335 e. The van der Waals surface area contributed by atoms with Crippen LogP contribution in [0.15, 0.2) is 36.4 Å². The molecule has 0 heterocycles. The molecule has 0 atom stereocenters. The van der Waals surface area contributed by atoms with E-state index in [1.165, 1.54) is 56.2 Å². The maximum atomic E-state index is 13.1. The molecule has 1 N–H and O–H groups in total. The summed E-state index contributed by atoms with van der Waals surface area (Å²) in [5.41, 5.74) is 2.86. The van der Waals surface area contributed by atoms with Crippen molar-refractivity contribution in [3.05, 3.63) is 58.7 Å². The number of ether oxygens (including phenoxy) is 2. The van der Waals surface area contributed by atoms with Gasteiger partial charge in [0.1, 0.15) is 11.5 Å². The fraction of sp³-hybridized carbons (Fsp3) is 0.481. The third-order valence-electron chi connectivity index (χ3n) is 7.95. The van der Waals surface area contributed by atoms with E-state index >= 15 is 0 Å². The fourth-order valence-corrected chi connectivity index (χ4v) is 7.36. The normalized spacial score (nSPS) is 27.4. The average molecular weight is 513 g/mol. The van der Waals surface area contributed by atoms with Gasteiger partial charge in [0.15, 0.2) is 12.4 Å². The Morgan fingerprint density at radius 3 is 2.18 bits per heavy atom. The summed E-state index contributed by atoms with van der Waals surface area (Å²) in [7, 11) is 1.71. The van der Waals surface area contributed by atoms with Crippen LogP contribution in [0, 0.1) is 17.8 Å². The molecule has 2 aromatic rings. The van der Waals surface area contributed by atoms with Gasteiger partial charge in [0.05, 0.1) is 12.7 Å². The summed E-state index contributed by atoms with van der Waals surface area (Å²) in [6, 6.07) is 10.5. The second kappa shape index (κ2) is 8.79. The lowest BCUT2D eigenvalue weighted by atomic mass is 9.48. The SMILES string of the molecule is COc1ccc(C(=O)COc2cc(C(=O)O)ccc2CBr)cc1C12CC3CC(CC(C3)C1)C2. The number of Topliss-reactive ketones (excluding diaryl/α,β-unsaturated/α-hetero) is 1. The highest BCUT2D eigenvalue weighted by Crippen LogP contribution is 2.61. The van der Waals surface area contributed by atoms with Crippen molar-refractivity contribution in [2.45, 2.75) is 49.3 Å². The molecule has 2 aromatic carbocycles. The summed E-state index contributed by atoms with van der Waals surface area (Å²) in [6.45, 7) is -0.143. The summed E-state index contributed by atoms with van der Waals surface area (Å²) in [5, 5.41) is 9.79. The number of carboxylic acids is 1. The van der Waals surface area contributed by atoms with Crippen LogP contribution in [-0.2, 0) is 10.7 Å². The Hall–Kier alpha value is -2.34. The molecule has 4 bridgehead atoms.